The predicted molar refractivity (Wildman–Crippen MR) is 168 cm³/mol. The summed E-state index contributed by atoms with van der Waals surface area (Å²) in [7, 11) is 0. The van der Waals surface area contributed by atoms with Crippen molar-refractivity contribution in [3.8, 4) is 5.75 Å². The number of ether oxygens (including phenoxy) is 1. The summed E-state index contributed by atoms with van der Waals surface area (Å²) in [5.41, 5.74) is 3.80. The van der Waals surface area contributed by atoms with E-state index in [1.807, 2.05) is 25.1 Å². The number of benzene rings is 1. The summed E-state index contributed by atoms with van der Waals surface area (Å²) in [4.78, 5) is 40.5. The molecule has 6 aromatic rings. The quantitative estimate of drug-likeness (QED) is 0.110. The molecule has 0 amide bonds. The monoisotopic (exact) mass is 654 g/mol. The van der Waals surface area contributed by atoms with Crippen molar-refractivity contribution in [3.63, 3.8) is 0 Å². The number of fused-ring (bicyclic) bond motifs is 2. The van der Waals surface area contributed by atoms with Crippen LogP contribution in [0.4, 0.5) is 11.6 Å². The highest BCUT2D eigenvalue weighted by atomic mass is 35.5. The van der Waals surface area contributed by atoms with Crippen LogP contribution in [0.25, 0.3) is 22.3 Å². The third kappa shape index (κ3) is 9.89. The molecule has 6 rings (SSSR count). The Balaban J connectivity index is 0.000000155. The van der Waals surface area contributed by atoms with Crippen LogP contribution in [-0.4, -0.2) is 75.8 Å². The maximum Gasteiger partial charge on any atom is 0.341 e. The molecule has 234 valence electrons. The van der Waals surface area contributed by atoms with Crippen molar-refractivity contribution in [2.24, 2.45) is 0 Å². The zero-order valence-electron chi connectivity index (χ0n) is 23.7. The molecule has 5 heterocycles. The van der Waals surface area contributed by atoms with E-state index in [0.717, 1.165) is 28.2 Å². The summed E-state index contributed by atoms with van der Waals surface area (Å²) in [6, 6.07) is 8.33. The Labute approximate surface area is 265 Å². The average Bonchev–Trinajstić information content (AvgIpc) is 3.83. The number of carboxylic acid groups (broad SMARTS) is 1. The molecule has 0 saturated heterocycles. The molecule has 0 spiro atoms. The number of imidazole rings is 2. The molecule has 0 atom stereocenters. The van der Waals surface area contributed by atoms with E-state index >= 15 is 0 Å². The number of carboxylic acids is 1. The van der Waals surface area contributed by atoms with Gasteiger partial charge in [0.2, 0.25) is 0 Å². The van der Waals surface area contributed by atoms with Crippen LogP contribution in [0.1, 0.15) is 12.7 Å². The third-order valence-electron chi connectivity index (χ3n) is 5.67. The molecular weight excluding hydrogens is 627 g/mol. The van der Waals surface area contributed by atoms with E-state index in [2.05, 4.69) is 50.5 Å². The highest BCUT2D eigenvalue weighted by Crippen LogP contribution is 2.27. The molecule has 0 aliphatic rings. The summed E-state index contributed by atoms with van der Waals surface area (Å²) in [6.45, 7) is 2.72. The fraction of sp³-hybridized carbons (Fsp3) is 0.179. The van der Waals surface area contributed by atoms with E-state index in [-0.39, 0.29) is 6.61 Å². The lowest BCUT2D eigenvalue weighted by Gasteiger charge is -2.04. The molecule has 0 aliphatic heterocycles. The van der Waals surface area contributed by atoms with Gasteiger partial charge in [-0.05, 0) is 37.3 Å². The molecule has 15 nitrogen and oxygen atoms in total. The zero-order valence-corrected chi connectivity index (χ0v) is 25.2. The van der Waals surface area contributed by atoms with Gasteiger partial charge in [0.05, 0.1) is 37.1 Å². The van der Waals surface area contributed by atoms with Gasteiger partial charge in [-0.3, -0.25) is 0 Å². The summed E-state index contributed by atoms with van der Waals surface area (Å²) in [5, 5.41) is 24.2. The minimum absolute atomic E-state index is 0.0743. The van der Waals surface area contributed by atoms with Gasteiger partial charge in [-0.1, -0.05) is 34.9 Å². The number of aliphatic hydroxyl groups excluding tert-OH is 1. The first-order valence-electron chi connectivity index (χ1n) is 13.2. The standard InChI is InChI=1S/C10H9N5O.C10H13N5O.C8H6Cl2O3/c1-2-7(16-3-1)4-11-9-8-10(13-5-12-8)15-6-14-9;1-7(4-16)2-3-11-9-8-10(13-5-12-8)15-6-14-9;9-5-1-2-7(6(10)3-5)13-4-8(11)12/h1-3,5-6H,4H2,(H2,11,12,13,14,15);2,5-6,16H,3-4H2,1H3,(H2,11,12,13,14,15);1-3H,4H2,(H,11,12)/b;7-2+;. The Morgan fingerprint density at radius 2 is 1.64 bits per heavy atom. The summed E-state index contributed by atoms with van der Waals surface area (Å²) in [5.74, 6) is 1.55. The first-order valence-corrected chi connectivity index (χ1v) is 13.9. The first kappa shape index (κ1) is 32.7. The Kier molecular flexibility index (Phi) is 12.0. The minimum Gasteiger partial charge on any atom is -0.480 e. The number of nitrogens with one attached hydrogen (secondary N) is 4. The van der Waals surface area contributed by atoms with Crippen molar-refractivity contribution in [2.45, 2.75) is 13.5 Å². The molecule has 5 aromatic heterocycles. The predicted octanol–water partition coefficient (Wildman–Crippen LogP) is 4.72. The topological polar surface area (TPSA) is 213 Å². The number of hydrogen-bond donors (Lipinski definition) is 6. The lowest BCUT2D eigenvalue weighted by molar-refractivity contribution is -0.139. The highest BCUT2D eigenvalue weighted by Gasteiger charge is 2.06. The average molecular weight is 656 g/mol. The number of anilines is 2. The van der Waals surface area contributed by atoms with Gasteiger partial charge >= 0.3 is 5.97 Å². The van der Waals surface area contributed by atoms with Crippen LogP contribution >= 0.6 is 23.2 Å². The Bertz CT molecular complexity index is 1840. The van der Waals surface area contributed by atoms with Crippen LogP contribution in [0.15, 0.2) is 78.0 Å². The molecular formula is C28H28Cl2N10O5. The molecule has 0 fully saturated rings. The maximum atomic E-state index is 10.2. The number of halogens is 2. The van der Waals surface area contributed by atoms with Gasteiger partial charge in [0.1, 0.15) is 35.2 Å². The molecule has 6 N–H and O–H groups in total. The van der Waals surface area contributed by atoms with E-state index < -0.39 is 12.6 Å². The fourth-order valence-electron chi connectivity index (χ4n) is 3.50. The van der Waals surface area contributed by atoms with Crippen molar-refractivity contribution in [2.75, 3.05) is 30.4 Å². The first-order chi connectivity index (χ1) is 21.8. The van der Waals surface area contributed by atoms with Crippen LogP contribution < -0.4 is 15.4 Å². The Hall–Kier alpha value is -5.25. The molecule has 45 heavy (non-hydrogen) atoms. The van der Waals surface area contributed by atoms with Gasteiger partial charge in [0.25, 0.3) is 0 Å². The third-order valence-corrected chi connectivity index (χ3v) is 6.20. The van der Waals surface area contributed by atoms with Gasteiger partial charge in [0, 0.05) is 11.6 Å². The smallest absolute Gasteiger partial charge is 0.341 e. The van der Waals surface area contributed by atoms with E-state index in [0.29, 0.717) is 46.0 Å². The Morgan fingerprint density at radius 3 is 2.22 bits per heavy atom. The number of aromatic amines is 2. The zero-order chi connectivity index (χ0) is 32.0. The van der Waals surface area contributed by atoms with Crippen LogP contribution in [0.3, 0.4) is 0 Å². The summed E-state index contributed by atoms with van der Waals surface area (Å²) in [6.07, 6.45) is 9.67. The van der Waals surface area contributed by atoms with Gasteiger partial charge in [-0.15, -0.1) is 0 Å². The molecule has 1 aromatic carbocycles. The number of H-pyrrole nitrogens is 2. The van der Waals surface area contributed by atoms with Gasteiger partial charge in [-0.25, -0.2) is 34.7 Å². The van der Waals surface area contributed by atoms with E-state index in [9.17, 15) is 4.79 Å². The van der Waals surface area contributed by atoms with Crippen molar-refractivity contribution < 1.29 is 24.2 Å². The summed E-state index contributed by atoms with van der Waals surface area (Å²) >= 11 is 11.3. The minimum atomic E-state index is -1.05. The molecule has 0 unspecified atom stereocenters. The van der Waals surface area contributed by atoms with Crippen molar-refractivity contribution in [1.29, 1.82) is 0 Å². The normalized spacial score (nSPS) is 10.9. The molecule has 0 aliphatic carbocycles. The second-order valence-corrected chi connectivity index (χ2v) is 9.77. The molecule has 0 bridgehead atoms. The van der Waals surface area contributed by atoms with Gasteiger partial charge in [-0.2, -0.15) is 0 Å². The number of aliphatic hydroxyl groups is 1. The number of nitrogens with zero attached hydrogens (tertiary/aromatic N) is 6. The summed E-state index contributed by atoms with van der Waals surface area (Å²) < 4.78 is 10.1. The van der Waals surface area contributed by atoms with E-state index in [1.165, 1.54) is 24.8 Å². The number of carbonyl (C=O) groups is 1. The number of hydrogen-bond acceptors (Lipinski definition) is 12. The van der Waals surface area contributed by atoms with Gasteiger partial charge in [0.15, 0.2) is 29.5 Å². The lowest BCUT2D eigenvalue weighted by Crippen LogP contribution is -2.09. The van der Waals surface area contributed by atoms with Crippen molar-refractivity contribution >= 4 is 63.1 Å². The molecule has 17 heteroatoms. The van der Waals surface area contributed by atoms with Crippen LogP contribution in [-0.2, 0) is 11.3 Å². The van der Waals surface area contributed by atoms with E-state index in [1.54, 1.807) is 25.0 Å². The van der Waals surface area contributed by atoms with E-state index in [4.69, 9.17) is 42.6 Å². The maximum absolute atomic E-state index is 10.2. The van der Waals surface area contributed by atoms with Crippen LogP contribution in [0.5, 0.6) is 5.75 Å². The Morgan fingerprint density at radius 1 is 0.978 bits per heavy atom. The number of aromatic nitrogens is 8. The second kappa shape index (κ2) is 16.6. The number of aliphatic carboxylic acids is 1. The largest absolute Gasteiger partial charge is 0.480 e. The molecule has 0 saturated carbocycles. The second-order valence-electron chi connectivity index (χ2n) is 8.93. The van der Waals surface area contributed by atoms with Gasteiger partial charge < -0.3 is 40.0 Å². The number of rotatable bonds is 10. The molecule has 0 radical (unpaired) electrons. The highest BCUT2D eigenvalue weighted by molar-refractivity contribution is 6.35. The van der Waals surface area contributed by atoms with Crippen LogP contribution in [0.2, 0.25) is 10.0 Å². The van der Waals surface area contributed by atoms with Crippen LogP contribution in [0, 0.1) is 0 Å². The lowest BCUT2D eigenvalue weighted by atomic mass is 10.3. The number of furan rings is 1. The van der Waals surface area contributed by atoms with Crippen molar-refractivity contribution in [3.05, 3.63) is 89.4 Å². The SMILES string of the molecule is C/C(=C\CNc1ncnc2nc[nH]c12)CO.O=C(O)COc1ccc(Cl)cc1Cl.c1coc(CNc2ncnc3nc[nH]c23)c1. The van der Waals surface area contributed by atoms with Crippen molar-refractivity contribution in [1.82, 2.24) is 39.9 Å². The fourth-order valence-corrected chi connectivity index (χ4v) is 3.96.